The summed E-state index contributed by atoms with van der Waals surface area (Å²) < 4.78 is 0.913. The molecule has 1 aromatic rings. The summed E-state index contributed by atoms with van der Waals surface area (Å²) in [5.74, 6) is 2.80. The van der Waals surface area contributed by atoms with Crippen LogP contribution in [0.2, 0.25) is 0 Å². The second-order valence-corrected chi connectivity index (χ2v) is 6.63. The Morgan fingerprint density at radius 2 is 2.11 bits per heavy atom. The maximum atomic E-state index is 4.75. The first-order chi connectivity index (χ1) is 9.10. The number of halogens is 1. The Morgan fingerprint density at radius 1 is 1.37 bits per heavy atom. The lowest BCUT2D eigenvalue weighted by Crippen LogP contribution is -2.29. The van der Waals surface area contributed by atoms with Gasteiger partial charge in [0, 0.05) is 25.1 Å². The number of anilines is 1. The summed E-state index contributed by atoms with van der Waals surface area (Å²) in [6.45, 7) is 7.84. The van der Waals surface area contributed by atoms with Gasteiger partial charge in [0.1, 0.15) is 16.2 Å². The molecule has 0 bridgehead atoms. The second kappa shape index (κ2) is 6.69. The fourth-order valence-electron chi connectivity index (χ4n) is 2.20. The van der Waals surface area contributed by atoms with E-state index >= 15 is 0 Å². The first kappa shape index (κ1) is 14.8. The van der Waals surface area contributed by atoms with E-state index in [0.717, 1.165) is 41.5 Å². The Morgan fingerprint density at radius 3 is 2.68 bits per heavy atom. The minimum absolute atomic E-state index is 0.704. The summed E-state index contributed by atoms with van der Waals surface area (Å²) in [5.41, 5.74) is 0. The number of aromatic nitrogens is 2. The van der Waals surface area contributed by atoms with Crippen LogP contribution in [0.4, 0.5) is 5.82 Å². The molecule has 0 N–H and O–H groups in total. The van der Waals surface area contributed by atoms with Crippen molar-refractivity contribution >= 4 is 21.7 Å². The summed E-state index contributed by atoms with van der Waals surface area (Å²) in [7, 11) is 0. The van der Waals surface area contributed by atoms with Crippen LogP contribution in [-0.4, -0.2) is 22.6 Å². The van der Waals surface area contributed by atoms with Gasteiger partial charge in [0.25, 0.3) is 0 Å². The standard InChI is InChI=1S/C15H24BrN3/c1-4-5-14-17-13(16)10-15(18-14)19(12-6-7-12)9-8-11(2)3/h10-12H,4-9H2,1-3H3. The summed E-state index contributed by atoms with van der Waals surface area (Å²) >= 11 is 3.52. The van der Waals surface area contributed by atoms with E-state index in [2.05, 4.69) is 52.7 Å². The lowest BCUT2D eigenvalue weighted by molar-refractivity contribution is 0.567. The highest BCUT2D eigenvalue weighted by atomic mass is 79.9. The van der Waals surface area contributed by atoms with Gasteiger partial charge in [-0.1, -0.05) is 20.8 Å². The molecule has 4 heteroatoms. The van der Waals surface area contributed by atoms with Crippen molar-refractivity contribution in [1.82, 2.24) is 9.97 Å². The van der Waals surface area contributed by atoms with E-state index in [1.165, 1.54) is 19.3 Å². The van der Waals surface area contributed by atoms with Crippen LogP contribution < -0.4 is 4.90 Å². The minimum atomic E-state index is 0.704. The van der Waals surface area contributed by atoms with Gasteiger partial charge in [-0.05, 0) is 47.5 Å². The molecule has 2 rings (SSSR count). The van der Waals surface area contributed by atoms with Crippen LogP contribution in [0.1, 0.15) is 52.3 Å². The van der Waals surface area contributed by atoms with Crippen molar-refractivity contribution < 1.29 is 0 Å². The van der Waals surface area contributed by atoms with E-state index in [1.54, 1.807) is 0 Å². The summed E-state index contributed by atoms with van der Waals surface area (Å²) in [4.78, 5) is 11.7. The monoisotopic (exact) mass is 325 g/mol. The molecular weight excluding hydrogens is 302 g/mol. The maximum absolute atomic E-state index is 4.75. The Bertz CT molecular complexity index is 416. The smallest absolute Gasteiger partial charge is 0.133 e. The zero-order chi connectivity index (χ0) is 13.8. The zero-order valence-electron chi connectivity index (χ0n) is 12.2. The molecule has 0 spiro atoms. The molecule has 1 heterocycles. The number of rotatable bonds is 7. The molecule has 0 atom stereocenters. The highest BCUT2D eigenvalue weighted by Crippen LogP contribution is 2.32. The SMILES string of the molecule is CCCc1nc(Br)cc(N(CCC(C)C)C2CC2)n1. The summed E-state index contributed by atoms with van der Waals surface area (Å²) in [6, 6.07) is 2.77. The van der Waals surface area contributed by atoms with Crippen molar-refractivity contribution in [3.8, 4) is 0 Å². The molecule has 106 valence electrons. The van der Waals surface area contributed by atoms with E-state index in [-0.39, 0.29) is 0 Å². The molecule has 1 aromatic heterocycles. The molecule has 0 unspecified atom stereocenters. The van der Waals surface area contributed by atoms with E-state index < -0.39 is 0 Å². The van der Waals surface area contributed by atoms with Gasteiger partial charge in [0.15, 0.2) is 0 Å². The topological polar surface area (TPSA) is 29.0 Å². The van der Waals surface area contributed by atoms with Crippen LogP contribution in [0.5, 0.6) is 0 Å². The van der Waals surface area contributed by atoms with Gasteiger partial charge in [-0.3, -0.25) is 0 Å². The van der Waals surface area contributed by atoms with Gasteiger partial charge >= 0.3 is 0 Å². The van der Waals surface area contributed by atoms with Crippen molar-refractivity contribution in [2.45, 2.75) is 58.9 Å². The first-order valence-corrected chi connectivity index (χ1v) is 8.19. The van der Waals surface area contributed by atoms with E-state index in [0.29, 0.717) is 6.04 Å². The average molecular weight is 326 g/mol. The zero-order valence-corrected chi connectivity index (χ0v) is 13.8. The van der Waals surface area contributed by atoms with Crippen LogP contribution in [0.25, 0.3) is 0 Å². The fourth-order valence-corrected chi connectivity index (χ4v) is 2.61. The summed E-state index contributed by atoms with van der Waals surface area (Å²) in [5, 5.41) is 0. The molecule has 0 aromatic carbocycles. The minimum Gasteiger partial charge on any atom is -0.353 e. The van der Waals surface area contributed by atoms with Gasteiger partial charge < -0.3 is 4.90 Å². The number of hydrogen-bond acceptors (Lipinski definition) is 3. The Hall–Kier alpha value is -0.640. The van der Waals surface area contributed by atoms with Crippen molar-refractivity contribution in [3.63, 3.8) is 0 Å². The second-order valence-electron chi connectivity index (χ2n) is 5.82. The van der Waals surface area contributed by atoms with Crippen LogP contribution in [0.15, 0.2) is 10.7 Å². The Labute approximate surface area is 125 Å². The highest BCUT2D eigenvalue weighted by molar-refractivity contribution is 9.10. The Balaban J connectivity index is 2.15. The van der Waals surface area contributed by atoms with Gasteiger partial charge in [0.05, 0.1) is 0 Å². The number of hydrogen-bond donors (Lipinski definition) is 0. The summed E-state index contributed by atoms with van der Waals surface area (Å²) in [6.07, 6.45) is 5.88. The first-order valence-electron chi connectivity index (χ1n) is 7.40. The largest absolute Gasteiger partial charge is 0.353 e. The molecule has 1 saturated carbocycles. The van der Waals surface area contributed by atoms with Crippen molar-refractivity contribution in [3.05, 3.63) is 16.5 Å². The van der Waals surface area contributed by atoms with Gasteiger partial charge in [-0.25, -0.2) is 9.97 Å². The molecule has 0 aliphatic heterocycles. The number of nitrogens with zero attached hydrogens (tertiary/aromatic N) is 3. The molecule has 3 nitrogen and oxygen atoms in total. The van der Waals surface area contributed by atoms with E-state index in [1.807, 2.05) is 0 Å². The molecule has 1 aliphatic carbocycles. The molecule has 19 heavy (non-hydrogen) atoms. The van der Waals surface area contributed by atoms with E-state index in [4.69, 9.17) is 4.98 Å². The van der Waals surface area contributed by atoms with Crippen LogP contribution in [-0.2, 0) is 6.42 Å². The normalized spacial score (nSPS) is 15.0. The highest BCUT2D eigenvalue weighted by Gasteiger charge is 2.30. The Kier molecular flexibility index (Phi) is 5.20. The molecule has 0 amide bonds. The third-order valence-corrected chi connectivity index (χ3v) is 3.84. The third kappa shape index (κ3) is 4.44. The van der Waals surface area contributed by atoms with Gasteiger partial charge in [0.2, 0.25) is 0 Å². The maximum Gasteiger partial charge on any atom is 0.133 e. The van der Waals surface area contributed by atoms with Gasteiger partial charge in [-0.15, -0.1) is 0 Å². The molecule has 0 saturated heterocycles. The van der Waals surface area contributed by atoms with Crippen LogP contribution >= 0.6 is 15.9 Å². The molecule has 0 radical (unpaired) electrons. The van der Waals surface area contributed by atoms with Crippen LogP contribution in [0.3, 0.4) is 0 Å². The predicted molar refractivity (Wildman–Crippen MR) is 83.6 cm³/mol. The fraction of sp³-hybridized carbons (Fsp3) is 0.733. The number of aryl methyl sites for hydroxylation is 1. The predicted octanol–water partition coefficient (Wildman–Crippen LogP) is 4.21. The average Bonchev–Trinajstić information content (AvgIpc) is 3.13. The van der Waals surface area contributed by atoms with Crippen molar-refractivity contribution in [2.75, 3.05) is 11.4 Å². The van der Waals surface area contributed by atoms with Gasteiger partial charge in [-0.2, -0.15) is 0 Å². The van der Waals surface area contributed by atoms with Crippen molar-refractivity contribution in [1.29, 1.82) is 0 Å². The lowest BCUT2D eigenvalue weighted by Gasteiger charge is -2.25. The molecule has 1 aliphatic rings. The lowest BCUT2D eigenvalue weighted by atomic mass is 10.1. The quantitative estimate of drug-likeness (QED) is 0.703. The van der Waals surface area contributed by atoms with Crippen LogP contribution in [0, 0.1) is 5.92 Å². The van der Waals surface area contributed by atoms with E-state index in [9.17, 15) is 0 Å². The third-order valence-electron chi connectivity index (χ3n) is 3.43. The molecule has 1 fully saturated rings. The molecular formula is C15H24BrN3. The van der Waals surface area contributed by atoms with Crippen molar-refractivity contribution in [2.24, 2.45) is 5.92 Å².